The van der Waals surface area contributed by atoms with E-state index in [0.717, 1.165) is 62.1 Å². The minimum absolute atomic E-state index is 0.0492. The van der Waals surface area contributed by atoms with E-state index in [-0.39, 0.29) is 36.6 Å². The van der Waals surface area contributed by atoms with Crippen LogP contribution in [0, 0.1) is 0 Å². The molecule has 0 spiro atoms. The average Bonchev–Trinajstić information content (AvgIpc) is 3.85. The summed E-state index contributed by atoms with van der Waals surface area (Å²) in [6, 6.07) is 31.2. The number of carbonyl (C=O) groups is 2. The Morgan fingerprint density at radius 3 is 2.12 bits per heavy atom. The lowest BCUT2D eigenvalue weighted by molar-refractivity contribution is -0.134. The Morgan fingerprint density at radius 1 is 0.760 bits per heavy atom. The van der Waals surface area contributed by atoms with Gasteiger partial charge in [0.2, 0.25) is 5.91 Å². The first-order valence-corrected chi connectivity index (χ1v) is 18.4. The van der Waals surface area contributed by atoms with Crippen LogP contribution in [0.5, 0.6) is 0 Å². The third-order valence-corrected chi connectivity index (χ3v) is 10.7. The minimum Gasteiger partial charge on any atom is -0.339 e. The molecule has 10 nitrogen and oxygen atoms in total. The number of amides is 3. The van der Waals surface area contributed by atoms with Crippen LogP contribution in [0.15, 0.2) is 97.2 Å². The van der Waals surface area contributed by atoms with Crippen molar-refractivity contribution in [1.82, 2.24) is 40.3 Å². The molecule has 3 heterocycles. The Kier molecular flexibility index (Phi) is 11.2. The summed E-state index contributed by atoms with van der Waals surface area (Å²) in [6.07, 6.45) is 8.69. The molecular formula is C40H50N8O2. The number of piperazine rings is 1. The molecule has 3 atom stereocenters. The summed E-state index contributed by atoms with van der Waals surface area (Å²) in [5, 5.41) is 15.4. The highest BCUT2D eigenvalue weighted by molar-refractivity contribution is 5.76. The molecule has 1 aromatic heterocycles. The molecule has 262 valence electrons. The van der Waals surface area contributed by atoms with E-state index < -0.39 is 0 Å². The number of piperidine rings is 1. The number of aromatic nitrogens is 3. The second-order valence-electron chi connectivity index (χ2n) is 14.2. The highest BCUT2D eigenvalue weighted by Gasteiger charge is 2.35. The number of hydrogen-bond acceptors (Lipinski definition) is 6. The summed E-state index contributed by atoms with van der Waals surface area (Å²) < 4.78 is 1.69. The molecule has 3 aromatic carbocycles. The van der Waals surface area contributed by atoms with Crippen molar-refractivity contribution < 1.29 is 9.59 Å². The monoisotopic (exact) mass is 674 g/mol. The molecule has 3 fully saturated rings. The first-order valence-electron chi connectivity index (χ1n) is 18.4. The van der Waals surface area contributed by atoms with Crippen LogP contribution in [0.1, 0.15) is 78.9 Å². The topological polar surface area (TPSA) is 98.6 Å². The van der Waals surface area contributed by atoms with Gasteiger partial charge in [0.1, 0.15) is 6.54 Å². The fraction of sp³-hybridized carbons (Fsp3) is 0.450. The predicted octanol–water partition coefficient (Wildman–Crippen LogP) is 5.53. The quantitative estimate of drug-likeness (QED) is 0.217. The largest absolute Gasteiger partial charge is 0.339 e. The first kappa shape index (κ1) is 33.9. The zero-order valence-electron chi connectivity index (χ0n) is 28.9. The third-order valence-electron chi connectivity index (χ3n) is 10.7. The van der Waals surface area contributed by atoms with Crippen molar-refractivity contribution in [3.05, 3.63) is 120 Å². The molecule has 2 saturated heterocycles. The molecule has 4 aromatic rings. The van der Waals surface area contributed by atoms with Gasteiger partial charge in [0, 0.05) is 45.3 Å². The van der Waals surface area contributed by atoms with Crippen molar-refractivity contribution in [2.75, 3.05) is 39.3 Å². The van der Waals surface area contributed by atoms with Gasteiger partial charge in [-0.1, -0.05) is 109 Å². The normalized spacial score (nSPS) is 20.3. The lowest BCUT2D eigenvalue weighted by atomic mass is 9.90. The van der Waals surface area contributed by atoms with Crippen molar-refractivity contribution in [3.63, 3.8) is 0 Å². The summed E-state index contributed by atoms with van der Waals surface area (Å²) >= 11 is 0. The number of nitrogens with zero attached hydrogens (tertiary/aromatic N) is 6. The zero-order chi connectivity index (χ0) is 34.1. The number of urea groups is 1. The molecule has 0 bridgehead atoms. The van der Waals surface area contributed by atoms with Crippen LogP contribution >= 0.6 is 0 Å². The van der Waals surface area contributed by atoms with Gasteiger partial charge in [-0.3, -0.25) is 14.6 Å². The highest BCUT2D eigenvalue weighted by atomic mass is 16.2. The summed E-state index contributed by atoms with van der Waals surface area (Å²) in [5.74, 6) is 0.586. The standard InChI is InChI=1S/C40H50N8O2/c49-37(30-48-29-36(43-44-48)28-45-22-12-19-34(27-45)31-13-4-1-5-14-31)46-23-25-47(26-24-46)39(33-17-8-3-9-18-33)38(32-15-6-2-7-16-32)42-40(50)41-35-20-10-11-21-35/h1-9,13-18,29,34-35,38-39H,10-12,19-28,30H2,(H2,41,42,50)/t34?,38-,39+/m1/s1. The Morgan fingerprint density at radius 2 is 1.42 bits per heavy atom. The molecule has 3 aliphatic rings. The Balaban J connectivity index is 0.978. The summed E-state index contributed by atoms with van der Waals surface area (Å²) in [5.41, 5.74) is 4.50. The van der Waals surface area contributed by atoms with E-state index in [1.54, 1.807) is 4.68 Å². The van der Waals surface area contributed by atoms with Crippen LogP contribution in [0.3, 0.4) is 0 Å². The van der Waals surface area contributed by atoms with Crippen LogP contribution in [0.25, 0.3) is 0 Å². The average molecular weight is 675 g/mol. The molecule has 7 rings (SSSR count). The van der Waals surface area contributed by atoms with Crippen molar-refractivity contribution in [1.29, 1.82) is 0 Å². The SMILES string of the molecule is O=C(NC1CCCC1)N[C@H](c1ccccc1)[C@H](c1ccccc1)N1CCN(C(=O)Cn2cc(CN3CCCC(c4ccccc4)C3)nn2)CC1. The maximum absolute atomic E-state index is 13.5. The van der Waals surface area contributed by atoms with Gasteiger partial charge >= 0.3 is 6.03 Å². The lowest BCUT2D eigenvalue weighted by Gasteiger charge is -2.43. The maximum atomic E-state index is 13.5. The number of carbonyl (C=O) groups excluding carboxylic acids is 2. The van der Waals surface area contributed by atoms with Crippen molar-refractivity contribution >= 4 is 11.9 Å². The Bertz CT molecular complexity index is 1650. The van der Waals surface area contributed by atoms with Crippen LogP contribution in [-0.4, -0.2) is 86.9 Å². The maximum Gasteiger partial charge on any atom is 0.315 e. The van der Waals surface area contributed by atoms with Gasteiger partial charge in [0.05, 0.1) is 24.0 Å². The molecule has 0 radical (unpaired) electrons. The minimum atomic E-state index is -0.265. The van der Waals surface area contributed by atoms with Crippen molar-refractivity contribution in [2.45, 2.75) is 75.7 Å². The van der Waals surface area contributed by atoms with Gasteiger partial charge in [-0.2, -0.15) is 0 Å². The van der Waals surface area contributed by atoms with Gasteiger partial charge < -0.3 is 15.5 Å². The molecule has 50 heavy (non-hydrogen) atoms. The second-order valence-corrected chi connectivity index (χ2v) is 14.2. The first-order chi connectivity index (χ1) is 24.6. The van der Waals surface area contributed by atoms with Crippen LogP contribution in [0.4, 0.5) is 4.79 Å². The lowest BCUT2D eigenvalue weighted by Crippen LogP contribution is -2.53. The van der Waals surface area contributed by atoms with Crippen molar-refractivity contribution in [2.24, 2.45) is 0 Å². The third kappa shape index (κ3) is 8.60. The van der Waals surface area contributed by atoms with Crippen LogP contribution < -0.4 is 10.6 Å². The molecule has 10 heteroatoms. The zero-order valence-corrected chi connectivity index (χ0v) is 28.9. The molecule has 3 amide bonds. The molecule has 1 saturated carbocycles. The van der Waals surface area contributed by atoms with E-state index in [1.165, 1.54) is 18.4 Å². The van der Waals surface area contributed by atoms with Crippen LogP contribution in [-0.2, 0) is 17.9 Å². The van der Waals surface area contributed by atoms with Gasteiger partial charge in [0.15, 0.2) is 0 Å². The van der Waals surface area contributed by atoms with E-state index in [0.29, 0.717) is 32.1 Å². The summed E-state index contributed by atoms with van der Waals surface area (Å²) in [6.45, 7) is 5.58. The number of benzene rings is 3. The van der Waals surface area contributed by atoms with E-state index >= 15 is 0 Å². The molecule has 1 aliphatic carbocycles. The predicted molar refractivity (Wildman–Crippen MR) is 194 cm³/mol. The van der Waals surface area contributed by atoms with E-state index in [2.05, 4.69) is 97.5 Å². The Labute approximate surface area is 295 Å². The van der Waals surface area contributed by atoms with E-state index in [9.17, 15) is 9.59 Å². The smallest absolute Gasteiger partial charge is 0.315 e. The number of hydrogen-bond donors (Lipinski definition) is 2. The molecule has 1 unspecified atom stereocenters. The summed E-state index contributed by atoms with van der Waals surface area (Å²) in [4.78, 5) is 33.7. The fourth-order valence-corrected chi connectivity index (χ4v) is 8.11. The molecular weight excluding hydrogens is 624 g/mol. The molecule has 2 aliphatic heterocycles. The van der Waals surface area contributed by atoms with Gasteiger partial charge in [-0.25, -0.2) is 9.48 Å². The van der Waals surface area contributed by atoms with Gasteiger partial charge in [-0.15, -0.1) is 5.10 Å². The summed E-state index contributed by atoms with van der Waals surface area (Å²) in [7, 11) is 0. The van der Waals surface area contributed by atoms with E-state index in [4.69, 9.17) is 0 Å². The fourth-order valence-electron chi connectivity index (χ4n) is 8.11. The number of likely N-dealkylation sites (tertiary alicyclic amines) is 1. The molecule has 2 N–H and O–H groups in total. The Hall–Kier alpha value is -4.54. The van der Waals surface area contributed by atoms with Crippen LogP contribution in [0.2, 0.25) is 0 Å². The van der Waals surface area contributed by atoms with E-state index in [1.807, 2.05) is 35.4 Å². The van der Waals surface area contributed by atoms with Gasteiger partial charge in [-0.05, 0) is 54.8 Å². The number of rotatable bonds is 11. The number of nitrogens with one attached hydrogen (secondary N) is 2. The second kappa shape index (κ2) is 16.4. The van der Waals surface area contributed by atoms with Crippen molar-refractivity contribution in [3.8, 4) is 0 Å². The van der Waals surface area contributed by atoms with Gasteiger partial charge in [0.25, 0.3) is 0 Å². The highest BCUT2D eigenvalue weighted by Crippen LogP contribution is 2.35.